The van der Waals surface area contributed by atoms with Gasteiger partial charge in [0.05, 0.1) is 22.0 Å². The van der Waals surface area contributed by atoms with Crippen LogP contribution in [0.1, 0.15) is 0 Å². The number of hydrogen-bond acceptors (Lipinski definition) is 3. The molecule has 0 unspecified atom stereocenters. The van der Waals surface area contributed by atoms with Crippen molar-refractivity contribution in [2.45, 2.75) is 11.4 Å². The molecule has 98 valence electrons. The van der Waals surface area contributed by atoms with Gasteiger partial charge in [-0.3, -0.25) is 4.79 Å². The molecule has 2 nitrogen and oxygen atoms in total. The highest BCUT2D eigenvalue weighted by atomic mass is 32.2. The Morgan fingerprint density at radius 3 is 2.28 bits per heavy atom. The fourth-order valence-corrected chi connectivity index (χ4v) is 3.08. The molecule has 1 heterocycles. The molecule has 9 heteroatoms. The van der Waals surface area contributed by atoms with E-state index in [1.165, 1.54) is 18.2 Å². The molecule has 0 N–H and O–H groups in total. The third-order valence-corrected chi connectivity index (χ3v) is 4.12. The summed E-state index contributed by atoms with van der Waals surface area (Å²) < 4.78 is 62.4. The lowest BCUT2D eigenvalue weighted by Gasteiger charge is -2.17. The van der Waals surface area contributed by atoms with Crippen LogP contribution in [-0.2, 0) is 0 Å². The van der Waals surface area contributed by atoms with Gasteiger partial charge in [0.25, 0.3) is 5.56 Å². The molecule has 0 saturated carbocycles. The van der Waals surface area contributed by atoms with Crippen molar-refractivity contribution >= 4 is 33.6 Å². The van der Waals surface area contributed by atoms with E-state index >= 15 is 0 Å². The average molecular weight is 301 g/mol. The summed E-state index contributed by atoms with van der Waals surface area (Å²) in [6.45, 7) is 0. The number of rotatable bonds is 2. The SMILES string of the molecule is O=c1c2ccccc2sn1SC(F)(F)C(F)(F)F. The van der Waals surface area contributed by atoms with E-state index in [4.69, 9.17) is 0 Å². The van der Waals surface area contributed by atoms with Crippen LogP contribution in [0, 0.1) is 0 Å². The van der Waals surface area contributed by atoms with E-state index in [9.17, 15) is 26.7 Å². The molecule has 2 rings (SSSR count). The molecule has 0 amide bonds. The molecule has 2 aromatic rings. The van der Waals surface area contributed by atoms with E-state index in [2.05, 4.69) is 0 Å². The zero-order chi connectivity index (χ0) is 13.6. The number of hydrogen-bond donors (Lipinski definition) is 0. The summed E-state index contributed by atoms with van der Waals surface area (Å²) in [4.78, 5) is 11.6. The van der Waals surface area contributed by atoms with Crippen molar-refractivity contribution in [3.05, 3.63) is 34.6 Å². The van der Waals surface area contributed by atoms with Gasteiger partial charge in [-0.2, -0.15) is 25.3 Å². The first-order valence-corrected chi connectivity index (χ1v) is 6.02. The van der Waals surface area contributed by atoms with Gasteiger partial charge in [-0.25, -0.2) is 0 Å². The molecule has 0 saturated heterocycles. The van der Waals surface area contributed by atoms with Crippen LogP contribution in [0.4, 0.5) is 22.0 Å². The number of benzene rings is 1. The summed E-state index contributed by atoms with van der Waals surface area (Å²) in [7, 11) is 0. The third-order valence-electron chi connectivity index (χ3n) is 1.99. The minimum absolute atomic E-state index is 0.118. The molecule has 0 spiro atoms. The summed E-state index contributed by atoms with van der Waals surface area (Å²) in [5, 5.41) is -4.88. The van der Waals surface area contributed by atoms with Crippen LogP contribution < -0.4 is 5.56 Å². The second-order valence-corrected chi connectivity index (χ2v) is 5.53. The van der Waals surface area contributed by atoms with E-state index in [1.807, 2.05) is 0 Å². The molecule has 0 aliphatic rings. The summed E-state index contributed by atoms with van der Waals surface area (Å²) in [6.07, 6.45) is -5.70. The van der Waals surface area contributed by atoms with Gasteiger partial charge in [0, 0.05) is 0 Å². The van der Waals surface area contributed by atoms with E-state index in [1.54, 1.807) is 6.07 Å². The first kappa shape index (κ1) is 13.3. The summed E-state index contributed by atoms with van der Waals surface area (Å²) >= 11 is -0.276. The standard InChI is InChI=1S/C9H4F5NOS2/c10-8(11,12)9(13,14)18-15-7(16)5-3-1-2-4-6(5)17-15/h1-4H. The molecule has 0 atom stereocenters. The Hall–Kier alpha value is -1.09. The molecule has 0 aliphatic carbocycles. The van der Waals surface area contributed by atoms with Gasteiger partial charge in [0.1, 0.15) is 0 Å². The van der Waals surface area contributed by atoms with Crippen LogP contribution in [0.3, 0.4) is 0 Å². The first-order chi connectivity index (χ1) is 8.22. The second-order valence-electron chi connectivity index (χ2n) is 3.26. The van der Waals surface area contributed by atoms with Crippen molar-refractivity contribution in [2.24, 2.45) is 0 Å². The number of alkyl halides is 5. The van der Waals surface area contributed by atoms with Crippen molar-refractivity contribution in [2.75, 3.05) is 0 Å². The first-order valence-electron chi connectivity index (χ1n) is 4.47. The zero-order valence-corrected chi connectivity index (χ0v) is 10.0. The zero-order valence-electron chi connectivity index (χ0n) is 8.37. The third kappa shape index (κ3) is 2.24. The van der Waals surface area contributed by atoms with Crippen molar-refractivity contribution in [1.82, 2.24) is 3.36 Å². The summed E-state index contributed by atoms with van der Waals surface area (Å²) in [5.41, 5.74) is -0.871. The Morgan fingerprint density at radius 2 is 1.72 bits per heavy atom. The molecular weight excluding hydrogens is 297 g/mol. The van der Waals surface area contributed by atoms with Crippen LogP contribution >= 0.6 is 23.5 Å². The molecule has 18 heavy (non-hydrogen) atoms. The quantitative estimate of drug-likeness (QED) is 0.789. The maximum absolute atomic E-state index is 12.8. The monoisotopic (exact) mass is 301 g/mol. The van der Waals surface area contributed by atoms with E-state index in [-0.39, 0.29) is 5.39 Å². The highest BCUT2D eigenvalue weighted by molar-refractivity contribution is 8.00. The fourth-order valence-electron chi connectivity index (χ4n) is 1.17. The Kier molecular flexibility index (Phi) is 3.14. The van der Waals surface area contributed by atoms with Crippen molar-refractivity contribution in [3.8, 4) is 0 Å². The van der Waals surface area contributed by atoms with Gasteiger partial charge in [0.2, 0.25) is 0 Å². The number of nitrogens with zero attached hydrogens (tertiary/aromatic N) is 1. The van der Waals surface area contributed by atoms with Gasteiger partial charge in [-0.1, -0.05) is 12.1 Å². The number of fused-ring (bicyclic) bond motifs is 1. The van der Waals surface area contributed by atoms with Gasteiger partial charge < -0.3 is 0 Å². The summed E-state index contributed by atoms with van der Waals surface area (Å²) in [5.74, 6) is 0. The molecule has 0 fully saturated rings. The summed E-state index contributed by atoms with van der Waals surface area (Å²) in [6, 6.07) is 5.92. The van der Waals surface area contributed by atoms with Crippen molar-refractivity contribution in [3.63, 3.8) is 0 Å². The smallest absolute Gasteiger partial charge is 0.267 e. The molecule has 1 aromatic carbocycles. The number of aromatic nitrogens is 1. The maximum Gasteiger partial charge on any atom is 0.465 e. The van der Waals surface area contributed by atoms with Crippen molar-refractivity contribution < 1.29 is 22.0 Å². The van der Waals surface area contributed by atoms with E-state index in [0.717, 1.165) is 0 Å². The minimum atomic E-state index is -5.70. The largest absolute Gasteiger partial charge is 0.465 e. The van der Waals surface area contributed by atoms with Gasteiger partial charge in [-0.15, -0.1) is 0 Å². The lowest BCUT2D eigenvalue weighted by atomic mass is 10.3. The van der Waals surface area contributed by atoms with Gasteiger partial charge in [-0.05, 0) is 23.7 Å². The number of halogens is 5. The molecule has 0 aliphatic heterocycles. The highest BCUT2D eigenvalue weighted by Crippen LogP contribution is 2.45. The molecule has 0 bridgehead atoms. The van der Waals surface area contributed by atoms with Crippen LogP contribution in [0.5, 0.6) is 0 Å². The second kappa shape index (κ2) is 4.23. The Bertz CT molecular complexity index is 630. The minimum Gasteiger partial charge on any atom is -0.267 e. The van der Waals surface area contributed by atoms with Crippen LogP contribution in [0.15, 0.2) is 29.1 Å². The fraction of sp³-hybridized carbons (Fsp3) is 0.222. The van der Waals surface area contributed by atoms with E-state index in [0.29, 0.717) is 19.6 Å². The topological polar surface area (TPSA) is 22.0 Å². The van der Waals surface area contributed by atoms with Crippen molar-refractivity contribution in [1.29, 1.82) is 0 Å². The lowest BCUT2D eigenvalue weighted by Crippen LogP contribution is -2.34. The Morgan fingerprint density at radius 1 is 1.11 bits per heavy atom. The predicted molar refractivity (Wildman–Crippen MR) is 60.1 cm³/mol. The van der Waals surface area contributed by atoms with Gasteiger partial charge in [0.15, 0.2) is 0 Å². The Balaban J connectivity index is 2.45. The van der Waals surface area contributed by atoms with Crippen LogP contribution in [0.25, 0.3) is 10.1 Å². The van der Waals surface area contributed by atoms with Gasteiger partial charge >= 0.3 is 11.4 Å². The van der Waals surface area contributed by atoms with Crippen LogP contribution in [-0.4, -0.2) is 14.8 Å². The average Bonchev–Trinajstić information content (AvgIpc) is 2.54. The van der Waals surface area contributed by atoms with Crippen LogP contribution in [0.2, 0.25) is 0 Å². The molecule has 0 radical (unpaired) electrons. The highest BCUT2D eigenvalue weighted by Gasteiger charge is 2.59. The normalized spacial score (nSPS) is 13.2. The lowest BCUT2D eigenvalue weighted by molar-refractivity contribution is -0.237. The van der Waals surface area contributed by atoms with E-state index < -0.39 is 28.9 Å². The predicted octanol–water partition coefficient (Wildman–Crippen LogP) is 3.71. The Labute approximate surface area is 105 Å². The maximum atomic E-state index is 12.8. The molecular formula is C9H4F5NOS2. The molecule has 1 aromatic heterocycles.